The van der Waals surface area contributed by atoms with Gasteiger partial charge in [0.25, 0.3) is 0 Å². The number of piperidine rings is 1. The van der Waals surface area contributed by atoms with Gasteiger partial charge in [0.15, 0.2) is 0 Å². The van der Waals surface area contributed by atoms with Gasteiger partial charge >= 0.3 is 5.97 Å². The number of carboxylic acid groups (broad SMARTS) is 1. The first-order chi connectivity index (χ1) is 12.0. The monoisotopic (exact) mass is 358 g/mol. The van der Waals surface area contributed by atoms with Gasteiger partial charge in [-0.25, -0.2) is 4.79 Å². The number of hydrogen-bond donors (Lipinski definition) is 1. The smallest absolute Gasteiger partial charge is 0.335 e. The number of rotatable bonds is 6. The second-order valence-electron chi connectivity index (χ2n) is 7.16. The van der Waals surface area contributed by atoms with E-state index in [1.54, 1.807) is 12.1 Å². The summed E-state index contributed by atoms with van der Waals surface area (Å²) in [6.45, 7) is 4.20. The summed E-state index contributed by atoms with van der Waals surface area (Å²) in [5, 5.41) is 11.3. The number of benzene rings is 1. The summed E-state index contributed by atoms with van der Waals surface area (Å²) in [6, 6.07) is 9.75. The van der Waals surface area contributed by atoms with E-state index in [9.17, 15) is 4.79 Å². The fourth-order valence-electron chi connectivity index (χ4n) is 3.55. The Bertz CT molecular complexity index is 709. The van der Waals surface area contributed by atoms with Crippen molar-refractivity contribution in [1.82, 2.24) is 9.80 Å². The first-order valence-corrected chi connectivity index (χ1v) is 9.66. The molecule has 0 aliphatic carbocycles. The van der Waals surface area contributed by atoms with Gasteiger partial charge in [0.1, 0.15) is 0 Å². The summed E-state index contributed by atoms with van der Waals surface area (Å²) in [4.78, 5) is 17.2. The van der Waals surface area contributed by atoms with E-state index >= 15 is 0 Å². The van der Waals surface area contributed by atoms with E-state index in [0.29, 0.717) is 11.5 Å². The number of thiophene rings is 1. The van der Waals surface area contributed by atoms with Crippen molar-refractivity contribution in [3.05, 3.63) is 57.3 Å². The minimum absolute atomic E-state index is 0.364. The molecule has 1 saturated heterocycles. The first kappa shape index (κ1) is 18.1. The summed E-state index contributed by atoms with van der Waals surface area (Å²) < 4.78 is 0. The second kappa shape index (κ2) is 8.13. The van der Waals surface area contributed by atoms with Crippen molar-refractivity contribution in [2.45, 2.75) is 31.8 Å². The lowest BCUT2D eigenvalue weighted by molar-refractivity contribution is 0.0697. The molecular weight excluding hydrogens is 332 g/mol. The third-order valence-corrected chi connectivity index (χ3v) is 5.69. The fraction of sp³-hybridized carbons (Fsp3) is 0.450. The van der Waals surface area contributed by atoms with Crippen molar-refractivity contribution >= 4 is 17.3 Å². The van der Waals surface area contributed by atoms with Gasteiger partial charge in [0, 0.05) is 24.5 Å². The van der Waals surface area contributed by atoms with Crippen LogP contribution in [0.25, 0.3) is 0 Å². The summed E-state index contributed by atoms with van der Waals surface area (Å²) >= 11 is 1.85. The first-order valence-electron chi connectivity index (χ1n) is 8.78. The van der Waals surface area contributed by atoms with E-state index < -0.39 is 5.97 Å². The van der Waals surface area contributed by atoms with Gasteiger partial charge in [-0.3, -0.25) is 4.90 Å². The predicted octanol–water partition coefficient (Wildman–Crippen LogP) is 3.89. The zero-order valence-corrected chi connectivity index (χ0v) is 15.8. The minimum Gasteiger partial charge on any atom is -0.478 e. The molecule has 25 heavy (non-hydrogen) atoms. The Morgan fingerprint density at radius 2 is 2.08 bits per heavy atom. The van der Waals surface area contributed by atoms with Crippen LogP contribution in [0.2, 0.25) is 0 Å². The summed E-state index contributed by atoms with van der Waals surface area (Å²) in [7, 11) is 4.20. The highest BCUT2D eigenvalue weighted by atomic mass is 32.1. The lowest BCUT2D eigenvalue weighted by Crippen LogP contribution is -2.33. The molecule has 1 atom stereocenters. The van der Waals surface area contributed by atoms with Crippen LogP contribution in [0.15, 0.2) is 35.7 Å². The standard InChI is InChI=1S/C20H26N2O2S/c1-21(2)11-15-10-19(25-14-15)13-22-9-3-4-18(12-22)16-5-7-17(8-6-16)20(23)24/h5-8,10,14,18H,3-4,9,11-13H2,1-2H3,(H,23,24)/t18-/m1/s1. The number of likely N-dealkylation sites (tertiary alicyclic amines) is 1. The SMILES string of the molecule is CN(C)Cc1csc(CN2CCC[C@@H](c3ccc(C(=O)O)cc3)C2)c1. The van der Waals surface area contributed by atoms with E-state index in [0.717, 1.165) is 26.2 Å². The van der Waals surface area contributed by atoms with E-state index in [-0.39, 0.29) is 0 Å². The predicted molar refractivity (Wildman–Crippen MR) is 102 cm³/mol. The minimum atomic E-state index is -0.858. The average Bonchev–Trinajstić information content (AvgIpc) is 3.01. The number of carbonyl (C=O) groups is 1. The molecule has 5 heteroatoms. The van der Waals surface area contributed by atoms with Crippen molar-refractivity contribution in [3.63, 3.8) is 0 Å². The van der Waals surface area contributed by atoms with Gasteiger partial charge in [0.2, 0.25) is 0 Å². The van der Waals surface area contributed by atoms with Crippen molar-refractivity contribution < 1.29 is 9.90 Å². The average molecular weight is 359 g/mol. The fourth-order valence-corrected chi connectivity index (χ4v) is 4.47. The molecule has 1 aromatic heterocycles. The number of hydrogen-bond acceptors (Lipinski definition) is 4. The highest BCUT2D eigenvalue weighted by Crippen LogP contribution is 2.29. The lowest BCUT2D eigenvalue weighted by Gasteiger charge is -2.32. The Morgan fingerprint density at radius 1 is 1.32 bits per heavy atom. The van der Waals surface area contributed by atoms with Crippen LogP contribution in [-0.2, 0) is 13.1 Å². The van der Waals surface area contributed by atoms with Crippen LogP contribution in [0.1, 0.15) is 45.1 Å². The number of nitrogens with zero attached hydrogens (tertiary/aromatic N) is 2. The van der Waals surface area contributed by atoms with E-state index in [1.807, 2.05) is 23.5 Å². The van der Waals surface area contributed by atoms with Gasteiger partial charge in [-0.1, -0.05) is 12.1 Å². The number of carboxylic acids is 1. The van der Waals surface area contributed by atoms with Crippen LogP contribution in [0.3, 0.4) is 0 Å². The highest BCUT2D eigenvalue weighted by molar-refractivity contribution is 7.10. The van der Waals surface area contributed by atoms with Crippen LogP contribution >= 0.6 is 11.3 Å². The maximum Gasteiger partial charge on any atom is 0.335 e. The molecule has 0 radical (unpaired) electrons. The molecule has 0 amide bonds. The normalized spacial score (nSPS) is 18.6. The van der Waals surface area contributed by atoms with Crippen LogP contribution < -0.4 is 0 Å². The molecule has 1 fully saturated rings. The van der Waals surface area contributed by atoms with Gasteiger partial charge in [-0.15, -0.1) is 11.3 Å². The Kier molecular flexibility index (Phi) is 5.89. The second-order valence-corrected chi connectivity index (χ2v) is 8.16. The molecule has 1 aromatic carbocycles. The third-order valence-electron chi connectivity index (χ3n) is 4.72. The zero-order valence-electron chi connectivity index (χ0n) is 14.9. The quantitative estimate of drug-likeness (QED) is 0.851. The van der Waals surface area contributed by atoms with Crippen LogP contribution in [-0.4, -0.2) is 48.1 Å². The van der Waals surface area contributed by atoms with Crippen molar-refractivity contribution in [3.8, 4) is 0 Å². The summed E-state index contributed by atoms with van der Waals surface area (Å²) in [5.74, 6) is -0.360. The molecule has 1 aliphatic heterocycles. The molecule has 0 unspecified atom stereocenters. The number of aromatic carboxylic acids is 1. The van der Waals surface area contributed by atoms with E-state index in [4.69, 9.17) is 5.11 Å². The van der Waals surface area contributed by atoms with Gasteiger partial charge in [-0.2, -0.15) is 0 Å². The van der Waals surface area contributed by atoms with Crippen molar-refractivity contribution in [2.24, 2.45) is 0 Å². The summed E-state index contributed by atoms with van der Waals surface area (Å²) in [6.07, 6.45) is 2.38. The van der Waals surface area contributed by atoms with Crippen LogP contribution in [0.5, 0.6) is 0 Å². The molecule has 134 valence electrons. The van der Waals surface area contributed by atoms with Gasteiger partial charge in [-0.05, 0) is 74.1 Å². The van der Waals surface area contributed by atoms with Gasteiger partial charge in [0.05, 0.1) is 5.56 Å². The molecule has 4 nitrogen and oxygen atoms in total. The Balaban J connectivity index is 1.61. The molecule has 2 heterocycles. The lowest BCUT2D eigenvalue weighted by atomic mass is 9.90. The maximum atomic E-state index is 11.0. The van der Waals surface area contributed by atoms with E-state index in [2.05, 4.69) is 35.3 Å². The van der Waals surface area contributed by atoms with Crippen molar-refractivity contribution in [1.29, 1.82) is 0 Å². The molecule has 2 aromatic rings. The summed E-state index contributed by atoms with van der Waals surface area (Å²) in [5.41, 5.74) is 3.01. The zero-order chi connectivity index (χ0) is 17.8. The highest BCUT2D eigenvalue weighted by Gasteiger charge is 2.22. The van der Waals surface area contributed by atoms with E-state index in [1.165, 1.54) is 28.8 Å². The molecule has 0 saturated carbocycles. The third kappa shape index (κ3) is 4.91. The van der Waals surface area contributed by atoms with Crippen LogP contribution in [0, 0.1) is 0 Å². The van der Waals surface area contributed by atoms with Gasteiger partial charge < -0.3 is 10.0 Å². The Hall–Kier alpha value is -1.69. The molecule has 0 spiro atoms. The Morgan fingerprint density at radius 3 is 2.76 bits per heavy atom. The molecule has 1 aliphatic rings. The molecule has 3 rings (SSSR count). The topological polar surface area (TPSA) is 43.8 Å². The molecule has 1 N–H and O–H groups in total. The van der Waals surface area contributed by atoms with Crippen molar-refractivity contribution in [2.75, 3.05) is 27.2 Å². The molecular formula is C20H26N2O2S. The maximum absolute atomic E-state index is 11.0. The molecule has 0 bridgehead atoms. The largest absolute Gasteiger partial charge is 0.478 e. The van der Waals surface area contributed by atoms with Crippen LogP contribution in [0.4, 0.5) is 0 Å². The Labute approximate surface area is 153 Å².